The number of benzene rings is 1. The predicted molar refractivity (Wildman–Crippen MR) is 78.9 cm³/mol. The van der Waals surface area contributed by atoms with E-state index < -0.39 is 17.6 Å². The van der Waals surface area contributed by atoms with E-state index in [1.165, 1.54) is 12.1 Å². The molecule has 1 amide bonds. The maximum Gasteiger partial charge on any atom is 0.416 e. The Hall–Kier alpha value is -2.87. The van der Waals surface area contributed by atoms with Gasteiger partial charge in [-0.1, -0.05) is 12.1 Å². The van der Waals surface area contributed by atoms with Crippen LogP contribution >= 0.6 is 0 Å². The van der Waals surface area contributed by atoms with E-state index in [9.17, 15) is 18.0 Å². The van der Waals surface area contributed by atoms with Crippen LogP contribution in [-0.4, -0.2) is 15.3 Å². The Morgan fingerprint density at radius 2 is 1.92 bits per heavy atom. The summed E-state index contributed by atoms with van der Waals surface area (Å²) in [5, 5.41) is 0. The fraction of sp³-hybridized carbons (Fsp3) is 0.125. The zero-order valence-corrected chi connectivity index (χ0v) is 12.2. The number of carbonyl (C=O) groups excluding carboxylic acids is 1. The number of halogens is 3. The molecule has 0 unspecified atom stereocenters. The molecule has 2 aromatic heterocycles. The number of hydrogen-bond acceptors (Lipinski definition) is 3. The molecular formula is C16H12F3N3O2. The zero-order chi connectivity index (χ0) is 17.2. The van der Waals surface area contributed by atoms with Crippen molar-refractivity contribution in [2.24, 2.45) is 0 Å². The van der Waals surface area contributed by atoms with Gasteiger partial charge < -0.3 is 4.40 Å². The van der Waals surface area contributed by atoms with Crippen molar-refractivity contribution in [3.63, 3.8) is 0 Å². The highest BCUT2D eigenvalue weighted by Gasteiger charge is 2.29. The molecule has 0 radical (unpaired) electrons. The van der Waals surface area contributed by atoms with Gasteiger partial charge in [-0.3, -0.25) is 9.63 Å². The largest absolute Gasteiger partial charge is 0.416 e. The van der Waals surface area contributed by atoms with E-state index in [1.807, 2.05) is 0 Å². The average Bonchev–Trinajstić information content (AvgIpc) is 3.02. The summed E-state index contributed by atoms with van der Waals surface area (Å²) >= 11 is 0. The Labute approximate surface area is 134 Å². The fourth-order valence-corrected chi connectivity index (χ4v) is 2.09. The lowest BCUT2D eigenvalue weighted by Crippen LogP contribution is -2.23. The lowest BCUT2D eigenvalue weighted by molar-refractivity contribution is -0.137. The first kappa shape index (κ1) is 16.0. The van der Waals surface area contributed by atoms with Crippen molar-refractivity contribution >= 4 is 11.6 Å². The first-order chi connectivity index (χ1) is 11.4. The average molecular weight is 335 g/mol. The van der Waals surface area contributed by atoms with Gasteiger partial charge in [-0.25, -0.2) is 10.5 Å². The van der Waals surface area contributed by atoms with Crippen LogP contribution in [0.4, 0.5) is 13.2 Å². The molecule has 0 spiro atoms. The van der Waals surface area contributed by atoms with Gasteiger partial charge in [0.05, 0.1) is 12.2 Å². The highest BCUT2D eigenvalue weighted by Crippen LogP contribution is 2.29. The summed E-state index contributed by atoms with van der Waals surface area (Å²) in [5.74, 6) is -0.465. The highest BCUT2D eigenvalue weighted by atomic mass is 19.4. The second-order valence-electron chi connectivity index (χ2n) is 5.02. The minimum absolute atomic E-state index is 0.0461. The third kappa shape index (κ3) is 3.54. The minimum atomic E-state index is -4.38. The zero-order valence-electron chi connectivity index (χ0n) is 12.2. The molecule has 1 aromatic carbocycles. The van der Waals surface area contributed by atoms with Crippen LogP contribution in [0.1, 0.15) is 21.5 Å². The van der Waals surface area contributed by atoms with Crippen LogP contribution in [-0.2, 0) is 17.6 Å². The van der Waals surface area contributed by atoms with Crippen molar-refractivity contribution < 1.29 is 22.8 Å². The molecule has 8 heteroatoms. The topological polar surface area (TPSA) is 55.6 Å². The van der Waals surface area contributed by atoms with Crippen LogP contribution in [0, 0.1) is 0 Å². The predicted octanol–water partition coefficient (Wildman–Crippen LogP) is 3.21. The number of nitrogens with zero attached hydrogens (tertiary/aromatic N) is 2. The van der Waals surface area contributed by atoms with Crippen LogP contribution in [0.3, 0.4) is 0 Å². The number of imidazole rings is 1. The van der Waals surface area contributed by atoms with Gasteiger partial charge in [0.25, 0.3) is 5.91 Å². The molecular weight excluding hydrogens is 323 g/mol. The normalized spacial score (nSPS) is 11.6. The smallest absolute Gasteiger partial charge is 0.307 e. The quantitative estimate of drug-likeness (QED) is 0.745. The fourth-order valence-electron chi connectivity index (χ4n) is 2.09. The van der Waals surface area contributed by atoms with Crippen molar-refractivity contribution in [1.82, 2.24) is 14.9 Å². The molecule has 0 saturated heterocycles. The molecule has 24 heavy (non-hydrogen) atoms. The Kier molecular flexibility index (Phi) is 4.22. The Morgan fingerprint density at radius 1 is 1.17 bits per heavy atom. The van der Waals surface area contributed by atoms with Crippen LogP contribution in [0.5, 0.6) is 0 Å². The summed E-state index contributed by atoms with van der Waals surface area (Å²) in [6.07, 6.45) is 0.669. The number of carbonyl (C=O) groups is 1. The number of hydrogen-bond donors (Lipinski definition) is 1. The van der Waals surface area contributed by atoms with E-state index in [2.05, 4.69) is 10.5 Å². The monoisotopic (exact) mass is 335 g/mol. The molecule has 1 N–H and O–H groups in total. The SMILES string of the molecule is O=C(NOCc1ccc(C(F)(F)F)cc1)c1ccn2ccnc2c1. The molecule has 0 bridgehead atoms. The third-order valence-corrected chi connectivity index (χ3v) is 3.35. The van der Waals surface area contributed by atoms with E-state index in [-0.39, 0.29) is 6.61 Å². The van der Waals surface area contributed by atoms with Crippen LogP contribution < -0.4 is 5.48 Å². The van der Waals surface area contributed by atoms with Gasteiger partial charge in [0, 0.05) is 24.2 Å². The van der Waals surface area contributed by atoms with Crippen LogP contribution in [0.25, 0.3) is 5.65 Å². The van der Waals surface area contributed by atoms with Gasteiger partial charge in [0.2, 0.25) is 0 Å². The number of nitrogens with one attached hydrogen (secondary N) is 1. The number of amides is 1. The van der Waals surface area contributed by atoms with E-state index in [1.54, 1.807) is 35.1 Å². The molecule has 0 fully saturated rings. The van der Waals surface area contributed by atoms with Crippen molar-refractivity contribution in [1.29, 1.82) is 0 Å². The molecule has 124 valence electrons. The van der Waals surface area contributed by atoms with Crippen molar-refractivity contribution in [3.05, 3.63) is 71.7 Å². The van der Waals surface area contributed by atoms with Gasteiger partial charge in [0.15, 0.2) is 0 Å². The van der Waals surface area contributed by atoms with E-state index >= 15 is 0 Å². The van der Waals surface area contributed by atoms with E-state index in [4.69, 9.17) is 4.84 Å². The van der Waals surface area contributed by atoms with Crippen LogP contribution in [0.15, 0.2) is 55.0 Å². The molecule has 5 nitrogen and oxygen atoms in total. The Morgan fingerprint density at radius 3 is 2.62 bits per heavy atom. The maximum atomic E-state index is 12.5. The van der Waals surface area contributed by atoms with Crippen LogP contribution in [0.2, 0.25) is 0 Å². The first-order valence-corrected chi connectivity index (χ1v) is 6.94. The number of fused-ring (bicyclic) bond motifs is 1. The number of hydroxylamine groups is 1. The highest BCUT2D eigenvalue weighted by molar-refractivity contribution is 5.94. The lowest BCUT2D eigenvalue weighted by Gasteiger charge is -2.09. The summed E-state index contributed by atoms with van der Waals surface area (Å²) in [6.45, 7) is -0.0461. The Balaban J connectivity index is 1.56. The molecule has 3 aromatic rings. The summed E-state index contributed by atoms with van der Waals surface area (Å²) < 4.78 is 39.1. The molecule has 0 aliphatic rings. The van der Waals surface area contributed by atoms with E-state index in [0.29, 0.717) is 16.8 Å². The molecule has 2 heterocycles. The summed E-state index contributed by atoms with van der Waals surface area (Å²) in [4.78, 5) is 21.1. The second-order valence-corrected chi connectivity index (χ2v) is 5.02. The lowest BCUT2D eigenvalue weighted by atomic mass is 10.1. The summed E-state index contributed by atoms with van der Waals surface area (Å²) in [7, 11) is 0. The number of alkyl halides is 3. The van der Waals surface area contributed by atoms with Gasteiger partial charge in [-0.05, 0) is 29.8 Å². The minimum Gasteiger partial charge on any atom is -0.307 e. The molecule has 0 aliphatic heterocycles. The van der Waals surface area contributed by atoms with Gasteiger partial charge >= 0.3 is 6.18 Å². The molecule has 0 saturated carbocycles. The number of rotatable bonds is 4. The van der Waals surface area contributed by atoms with Crippen molar-refractivity contribution in [3.8, 4) is 0 Å². The third-order valence-electron chi connectivity index (χ3n) is 3.35. The molecule has 0 aliphatic carbocycles. The van der Waals surface area contributed by atoms with Crippen molar-refractivity contribution in [2.75, 3.05) is 0 Å². The van der Waals surface area contributed by atoms with Gasteiger partial charge in [-0.2, -0.15) is 13.2 Å². The number of pyridine rings is 1. The van der Waals surface area contributed by atoms with Gasteiger partial charge in [0.1, 0.15) is 5.65 Å². The summed E-state index contributed by atoms with van der Waals surface area (Å²) in [5.41, 5.74) is 3.00. The van der Waals surface area contributed by atoms with Gasteiger partial charge in [-0.15, -0.1) is 0 Å². The summed E-state index contributed by atoms with van der Waals surface area (Å²) in [6, 6.07) is 7.72. The molecule has 0 atom stereocenters. The Bertz CT molecular complexity index is 857. The second kappa shape index (κ2) is 6.32. The van der Waals surface area contributed by atoms with E-state index in [0.717, 1.165) is 12.1 Å². The van der Waals surface area contributed by atoms with Crippen molar-refractivity contribution in [2.45, 2.75) is 12.8 Å². The standard InChI is InChI=1S/C16H12F3N3O2/c17-16(18,19)13-3-1-11(2-4-13)10-24-21-15(23)12-5-7-22-8-6-20-14(22)9-12/h1-9H,10H2,(H,21,23). The maximum absolute atomic E-state index is 12.5. The molecule has 3 rings (SSSR count). The first-order valence-electron chi connectivity index (χ1n) is 6.94. The number of aromatic nitrogens is 2.